The molecule has 0 spiro atoms. The molecule has 1 heterocycles. The van der Waals surface area contributed by atoms with Gasteiger partial charge in [-0.25, -0.2) is 4.79 Å². The molecule has 0 atom stereocenters. The molecule has 0 unspecified atom stereocenters. The molecule has 0 bridgehead atoms. The average Bonchev–Trinajstić information content (AvgIpc) is 2.68. The Hall–Kier alpha value is -1.82. The molecular weight excluding hydrogens is 312 g/mol. The molecule has 1 fully saturated rings. The van der Waals surface area contributed by atoms with Gasteiger partial charge < -0.3 is 19.3 Å². The van der Waals surface area contributed by atoms with E-state index >= 15 is 0 Å². The van der Waals surface area contributed by atoms with Crippen molar-refractivity contribution in [3.05, 3.63) is 25.3 Å². The van der Waals surface area contributed by atoms with E-state index in [0.29, 0.717) is 13.8 Å². The van der Waals surface area contributed by atoms with Crippen molar-refractivity contribution in [2.24, 2.45) is 5.41 Å². The molecular formula is C18H34O6. The number of hydrogen-bond acceptors (Lipinski definition) is 6. The Morgan fingerprint density at radius 3 is 2.00 bits per heavy atom. The zero-order valence-corrected chi connectivity index (χ0v) is 15.2. The molecule has 0 aromatic carbocycles. The van der Waals surface area contributed by atoms with E-state index in [1.807, 2.05) is 13.8 Å². The molecule has 1 aliphatic rings. The first-order valence-corrected chi connectivity index (χ1v) is 7.71. The molecule has 0 aromatic rings. The summed E-state index contributed by atoms with van der Waals surface area (Å²) in [5.41, 5.74) is -0.906. The van der Waals surface area contributed by atoms with Crippen molar-refractivity contribution in [3.8, 4) is 0 Å². The molecule has 0 amide bonds. The Morgan fingerprint density at radius 1 is 1.29 bits per heavy atom. The van der Waals surface area contributed by atoms with Crippen molar-refractivity contribution in [2.75, 3.05) is 26.4 Å². The maximum atomic E-state index is 11.4. The van der Waals surface area contributed by atoms with Gasteiger partial charge in [0.05, 0.1) is 6.61 Å². The van der Waals surface area contributed by atoms with E-state index in [4.69, 9.17) is 12.6 Å². The van der Waals surface area contributed by atoms with Gasteiger partial charge in [0.2, 0.25) is 0 Å². The Bertz CT molecular complexity index is 357. The molecule has 1 rings (SSSR count). The first-order chi connectivity index (χ1) is 12.3. The first kappa shape index (κ1) is 22.2. The fourth-order valence-corrected chi connectivity index (χ4v) is 0.946. The van der Waals surface area contributed by atoms with Crippen LogP contribution in [0.25, 0.3) is 0 Å². The third kappa shape index (κ3) is 16.5. The maximum absolute atomic E-state index is 11.4. The SMILES string of the molecule is C=CCO.C=CCOC(=O)C1(C)COC(=O)OC1.[3H]CCC.[3H]CCC. The minimum absolute atomic E-state index is 0.0121. The molecule has 0 aromatic heterocycles. The highest BCUT2D eigenvalue weighted by Gasteiger charge is 2.41. The van der Waals surface area contributed by atoms with Crippen LogP contribution < -0.4 is 0 Å². The highest BCUT2D eigenvalue weighted by molar-refractivity contribution is 5.78. The summed E-state index contributed by atoms with van der Waals surface area (Å²) < 4.78 is 27.0. The van der Waals surface area contributed by atoms with Crippen molar-refractivity contribution in [2.45, 2.75) is 47.4 Å². The van der Waals surface area contributed by atoms with E-state index in [1.165, 1.54) is 12.2 Å². The lowest BCUT2D eigenvalue weighted by Crippen LogP contribution is -2.44. The first-order valence-electron chi connectivity index (χ1n) is 9.12. The molecule has 0 saturated carbocycles. The number of aliphatic hydroxyl groups excluding tert-OH is 1. The minimum Gasteiger partial charge on any atom is -0.461 e. The number of carbonyl (C=O) groups is 2. The number of hydrogen-bond donors (Lipinski definition) is 1. The van der Waals surface area contributed by atoms with Crippen molar-refractivity contribution >= 4 is 12.1 Å². The van der Waals surface area contributed by atoms with Crippen LogP contribution in [0.1, 0.15) is 50.2 Å². The number of cyclic esters (lactones) is 2. The van der Waals surface area contributed by atoms with Crippen LogP contribution in [0.15, 0.2) is 25.3 Å². The Kier molecular flexibility index (Phi) is 17.8. The standard InChI is InChI=1S/C9H12O5.C3H6O.2C3H8/c1-3-4-12-7(10)9(2)5-13-8(11)14-6-9;1-2-3-4;2*1-3-2/h3H,1,4-6H2,2H3;2,4H,1,3H2;2*3H2,1-2H3/i;;2*1T. The fraction of sp³-hybridized carbons (Fsp3) is 0.667. The molecule has 142 valence electrons. The van der Waals surface area contributed by atoms with E-state index in [9.17, 15) is 9.59 Å². The zero-order valence-electron chi connectivity index (χ0n) is 17.2. The highest BCUT2D eigenvalue weighted by Crippen LogP contribution is 2.23. The summed E-state index contributed by atoms with van der Waals surface area (Å²) in [4.78, 5) is 22.0. The molecule has 24 heavy (non-hydrogen) atoms. The van der Waals surface area contributed by atoms with Crippen LogP contribution in [-0.2, 0) is 19.0 Å². The van der Waals surface area contributed by atoms with Gasteiger partial charge in [0.1, 0.15) is 25.2 Å². The number of aliphatic hydroxyl groups is 1. The lowest BCUT2D eigenvalue weighted by Gasteiger charge is -2.29. The summed E-state index contributed by atoms with van der Waals surface area (Å²) in [5, 5.41) is 7.76. The number of carbonyl (C=O) groups excluding carboxylic acids is 2. The molecule has 0 aliphatic carbocycles. The minimum atomic E-state index is -0.906. The van der Waals surface area contributed by atoms with Crippen molar-refractivity contribution in [1.29, 1.82) is 0 Å². The summed E-state index contributed by atoms with van der Waals surface area (Å²) in [6.07, 6.45) is 4.12. The Balaban J connectivity index is -0.000000362. The smallest absolute Gasteiger partial charge is 0.461 e. The predicted molar refractivity (Wildman–Crippen MR) is 95.8 cm³/mol. The van der Waals surface area contributed by atoms with Crippen molar-refractivity contribution in [1.82, 2.24) is 0 Å². The lowest BCUT2D eigenvalue weighted by atomic mass is 9.93. The van der Waals surface area contributed by atoms with Gasteiger partial charge in [-0.1, -0.05) is 59.2 Å². The van der Waals surface area contributed by atoms with E-state index in [1.54, 1.807) is 6.92 Å². The van der Waals surface area contributed by atoms with Crippen LogP contribution in [0.2, 0.25) is 0 Å². The van der Waals surface area contributed by atoms with E-state index in [-0.39, 0.29) is 26.4 Å². The molecule has 1 aliphatic heterocycles. The van der Waals surface area contributed by atoms with Crippen LogP contribution in [0.5, 0.6) is 0 Å². The summed E-state index contributed by atoms with van der Waals surface area (Å²) >= 11 is 0. The van der Waals surface area contributed by atoms with E-state index < -0.39 is 17.5 Å². The van der Waals surface area contributed by atoms with Crippen LogP contribution in [-0.4, -0.2) is 43.7 Å². The summed E-state index contributed by atoms with van der Waals surface area (Å²) in [6.45, 7) is 13.6. The van der Waals surface area contributed by atoms with Gasteiger partial charge in [-0.3, -0.25) is 4.79 Å². The Morgan fingerprint density at radius 2 is 1.71 bits per heavy atom. The third-order valence-corrected chi connectivity index (χ3v) is 1.97. The zero-order chi connectivity index (χ0) is 20.8. The summed E-state index contributed by atoms with van der Waals surface area (Å²) in [7, 11) is 0. The van der Waals surface area contributed by atoms with E-state index in [0.717, 1.165) is 12.8 Å². The number of esters is 1. The van der Waals surface area contributed by atoms with Crippen LogP contribution >= 0.6 is 0 Å². The Labute approximate surface area is 149 Å². The number of ether oxygens (including phenoxy) is 3. The van der Waals surface area contributed by atoms with Crippen LogP contribution in [0.3, 0.4) is 0 Å². The van der Waals surface area contributed by atoms with Gasteiger partial charge in [0.25, 0.3) is 0 Å². The normalized spacial score (nSPS) is 14.8. The van der Waals surface area contributed by atoms with Gasteiger partial charge in [0.15, 0.2) is 0 Å². The van der Waals surface area contributed by atoms with Gasteiger partial charge in [0, 0.05) is 2.74 Å². The predicted octanol–water partition coefficient (Wildman–Crippen LogP) is 3.89. The van der Waals surface area contributed by atoms with Gasteiger partial charge in [-0.2, -0.15) is 0 Å². The monoisotopic (exact) mass is 350 g/mol. The second kappa shape index (κ2) is 19.2. The molecule has 0 radical (unpaired) electrons. The maximum Gasteiger partial charge on any atom is 0.508 e. The van der Waals surface area contributed by atoms with Crippen molar-refractivity contribution < 1.29 is 31.6 Å². The quantitative estimate of drug-likeness (QED) is 0.612. The second-order valence-corrected chi connectivity index (χ2v) is 4.75. The molecule has 1 saturated heterocycles. The van der Waals surface area contributed by atoms with Gasteiger partial charge in [-0.05, 0) is 6.92 Å². The summed E-state index contributed by atoms with van der Waals surface area (Å²) in [6, 6.07) is 0. The topological polar surface area (TPSA) is 82.1 Å². The van der Waals surface area contributed by atoms with Crippen LogP contribution in [0.4, 0.5) is 4.79 Å². The second-order valence-electron chi connectivity index (χ2n) is 4.75. The number of rotatable bonds is 4. The van der Waals surface area contributed by atoms with Gasteiger partial charge in [-0.15, -0.1) is 6.58 Å². The van der Waals surface area contributed by atoms with Gasteiger partial charge >= 0.3 is 12.1 Å². The largest absolute Gasteiger partial charge is 0.508 e. The van der Waals surface area contributed by atoms with Crippen LogP contribution in [0, 0.1) is 5.41 Å². The van der Waals surface area contributed by atoms with E-state index in [2.05, 4.69) is 22.6 Å². The highest BCUT2D eigenvalue weighted by atomic mass is 16.7. The molecule has 6 nitrogen and oxygen atoms in total. The molecule has 1 N–H and O–H groups in total. The average molecular weight is 350 g/mol. The van der Waals surface area contributed by atoms with Crippen molar-refractivity contribution in [3.63, 3.8) is 0 Å². The third-order valence-electron chi connectivity index (χ3n) is 1.97. The fourth-order valence-electron chi connectivity index (χ4n) is 0.946. The lowest BCUT2D eigenvalue weighted by molar-refractivity contribution is -0.164. The molecule has 6 heteroatoms. The summed E-state index contributed by atoms with van der Waals surface area (Å²) in [5.74, 6) is -0.454.